The highest BCUT2D eigenvalue weighted by Crippen LogP contribution is 2.47. The van der Waals surface area contributed by atoms with Crippen molar-refractivity contribution in [3.63, 3.8) is 0 Å². The van der Waals surface area contributed by atoms with E-state index in [-0.39, 0.29) is 59.9 Å². The molecule has 50 heavy (non-hydrogen) atoms. The van der Waals surface area contributed by atoms with Crippen molar-refractivity contribution in [1.82, 2.24) is 21.3 Å². The minimum atomic E-state index is -1.81. The van der Waals surface area contributed by atoms with Crippen molar-refractivity contribution in [2.45, 2.75) is 102 Å². The van der Waals surface area contributed by atoms with Crippen LogP contribution in [0.4, 0.5) is 0 Å². The van der Waals surface area contributed by atoms with Crippen LogP contribution in [-0.2, 0) is 28.8 Å². The van der Waals surface area contributed by atoms with Gasteiger partial charge in [-0.25, -0.2) is 0 Å². The van der Waals surface area contributed by atoms with E-state index in [0.717, 1.165) is 0 Å². The number of hydrogen-bond acceptors (Lipinski definition) is 12. The number of Topliss-reactive ketones (excluding diaryl/α,β-unsaturated/α-hetero) is 4. The lowest BCUT2D eigenvalue weighted by atomic mass is 9.68. The van der Waals surface area contributed by atoms with Crippen molar-refractivity contribution in [1.29, 1.82) is 0 Å². The maximum absolute atomic E-state index is 15.0. The van der Waals surface area contributed by atoms with Crippen LogP contribution in [0.5, 0.6) is 0 Å². The van der Waals surface area contributed by atoms with Crippen LogP contribution in [0.3, 0.4) is 0 Å². The normalized spacial score (nSPS) is 29.8. The van der Waals surface area contributed by atoms with Crippen molar-refractivity contribution >= 4 is 35.1 Å². The summed E-state index contributed by atoms with van der Waals surface area (Å²) in [7, 11) is 0. The summed E-state index contributed by atoms with van der Waals surface area (Å²) in [4.78, 5) is 82.5. The Bertz CT molecular complexity index is 1590. The lowest BCUT2D eigenvalue weighted by Gasteiger charge is -2.37. The minimum absolute atomic E-state index is 0.00216. The van der Waals surface area contributed by atoms with E-state index < -0.39 is 75.5 Å². The number of carbonyl (C=O) groups is 6. The molecule has 4 aliphatic rings. The molecule has 0 saturated heterocycles. The fourth-order valence-corrected chi connectivity index (χ4v) is 7.98. The summed E-state index contributed by atoms with van der Waals surface area (Å²) in [6.07, 6.45) is 6.14. The molecule has 4 heterocycles. The van der Waals surface area contributed by atoms with Gasteiger partial charge in [0.05, 0.1) is 5.92 Å². The number of carboxylic acids is 2. The molecule has 0 unspecified atom stereocenters. The summed E-state index contributed by atoms with van der Waals surface area (Å²) in [5.74, 6) is -6.46. The van der Waals surface area contributed by atoms with Gasteiger partial charge in [0.25, 0.3) is 0 Å². The second-order valence-electron chi connectivity index (χ2n) is 15.0. The van der Waals surface area contributed by atoms with Crippen LogP contribution in [0.2, 0.25) is 0 Å². The van der Waals surface area contributed by atoms with Crippen LogP contribution in [0.1, 0.15) is 80.1 Å². The van der Waals surface area contributed by atoms with Gasteiger partial charge in [-0.15, -0.1) is 0 Å². The predicted octanol–water partition coefficient (Wildman–Crippen LogP) is 1.18. The molecule has 0 aliphatic carbocycles. The zero-order chi connectivity index (χ0) is 37.4. The zero-order valence-electron chi connectivity index (χ0n) is 29.8. The molecular formula is C36H52N6O8. The third kappa shape index (κ3) is 5.95. The van der Waals surface area contributed by atoms with Gasteiger partial charge < -0.3 is 42.9 Å². The Hall–Kier alpha value is -4.30. The van der Waals surface area contributed by atoms with Gasteiger partial charge in [0.1, 0.15) is 22.2 Å². The number of rotatable bonds is 17. The highest BCUT2D eigenvalue weighted by atomic mass is 16.4. The molecule has 0 aromatic heterocycles. The molecule has 0 amide bonds. The summed E-state index contributed by atoms with van der Waals surface area (Å²) in [6, 6.07) is 0. The van der Waals surface area contributed by atoms with Crippen LogP contribution in [0.25, 0.3) is 0 Å². The molecule has 14 nitrogen and oxygen atoms in total. The molecule has 10 N–H and O–H groups in total. The first-order valence-electron chi connectivity index (χ1n) is 17.4. The topological polar surface area (TPSA) is 243 Å². The van der Waals surface area contributed by atoms with E-state index in [1.807, 2.05) is 27.7 Å². The van der Waals surface area contributed by atoms with E-state index in [1.165, 1.54) is 24.8 Å². The molecular weight excluding hydrogens is 644 g/mol. The van der Waals surface area contributed by atoms with Gasteiger partial charge in [-0.3, -0.25) is 28.8 Å². The van der Waals surface area contributed by atoms with E-state index in [1.54, 1.807) is 13.8 Å². The molecule has 0 bridgehead atoms. The standard InChI is InChI=1S/C36H52N6O8/c1-19(2)13-35(25-17-40-34(29(25)46,11-9-26(43)44)24-16-42-36(18-38,21(5)6)31(24)48)30(47)23(15-41-35)33(10-7-8-12-37)28(45)22(14-39-33)27(20(3)4)32(49)50/h14-17,19-21,27,39-42H,7-13,18,37-38H2,1-6H3,(H,43,44)(H,49,50)/t27-,33+,34+,35+,36-/m1/s1. The van der Waals surface area contributed by atoms with Crippen LogP contribution in [0.15, 0.2) is 47.1 Å². The first-order chi connectivity index (χ1) is 23.4. The maximum Gasteiger partial charge on any atom is 0.311 e. The SMILES string of the molecule is CC(C)C[C@@]1(C2=CN[C@@](CCC(=O)O)(C3=CN[C@](CN)(C(C)C)C3=O)C2=O)NC=C([C@]2(CCCCN)NC=C([C@H](C(=O)O)C(C)C)C2=O)C1=O. The second-order valence-corrected chi connectivity index (χ2v) is 15.0. The summed E-state index contributed by atoms with van der Waals surface area (Å²) in [5, 5.41) is 32.1. The lowest BCUT2D eigenvalue weighted by Crippen LogP contribution is -2.60. The first kappa shape index (κ1) is 38.5. The van der Waals surface area contributed by atoms with E-state index in [2.05, 4.69) is 21.3 Å². The van der Waals surface area contributed by atoms with E-state index in [9.17, 15) is 39.0 Å². The summed E-state index contributed by atoms with van der Waals surface area (Å²) < 4.78 is 0. The van der Waals surface area contributed by atoms with Gasteiger partial charge in [0.15, 0.2) is 23.1 Å². The van der Waals surface area contributed by atoms with Crippen molar-refractivity contribution in [3.05, 3.63) is 47.1 Å². The van der Waals surface area contributed by atoms with Gasteiger partial charge in [-0.05, 0) is 56.4 Å². The van der Waals surface area contributed by atoms with Crippen molar-refractivity contribution in [2.24, 2.45) is 35.1 Å². The molecule has 0 saturated carbocycles. The fraction of sp³-hybridized carbons (Fsp3) is 0.611. The molecule has 0 aromatic carbocycles. The minimum Gasteiger partial charge on any atom is -0.481 e. The fourth-order valence-electron chi connectivity index (χ4n) is 7.98. The van der Waals surface area contributed by atoms with E-state index >= 15 is 0 Å². The Balaban J connectivity index is 1.80. The molecule has 0 spiro atoms. The molecule has 0 aromatic rings. The summed E-state index contributed by atoms with van der Waals surface area (Å²) in [6.45, 7) is 11.1. The highest BCUT2D eigenvalue weighted by molar-refractivity contribution is 6.25. The maximum atomic E-state index is 15.0. The molecule has 4 rings (SSSR count). The number of ketones is 4. The number of hydrogen-bond donors (Lipinski definition) is 8. The molecule has 0 radical (unpaired) electrons. The van der Waals surface area contributed by atoms with Crippen LogP contribution >= 0.6 is 0 Å². The number of carboxylic acid groups (broad SMARTS) is 2. The van der Waals surface area contributed by atoms with E-state index in [4.69, 9.17) is 11.5 Å². The van der Waals surface area contributed by atoms with Crippen molar-refractivity contribution < 1.29 is 39.0 Å². The Labute approximate surface area is 292 Å². The average molecular weight is 697 g/mol. The van der Waals surface area contributed by atoms with Gasteiger partial charge in [-0.1, -0.05) is 41.5 Å². The lowest BCUT2D eigenvalue weighted by molar-refractivity contribution is -0.143. The number of carbonyl (C=O) groups excluding carboxylic acids is 4. The number of nitrogens with one attached hydrogen (secondary N) is 4. The third-order valence-electron chi connectivity index (χ3n) is 10.8. The molecule has 4 aliphatic heterocycles. The Kier molecular flexibility index (Phi) is 10.9. The van der Waals surface area contributed by atoms with Gasteiger partial charge >= 0.3 is 11.9 Å². The number of unbranched alkanes of at least 4 members (excludes halogenated alkanes) is 1. The second kappa shape index (κ2) is 14.1. The number of aliphatic carboxylic acids is 2. The molecule has 0 fully saturated rings. The smallest absolute Gasteiger partial charge is 0.311 e. The number of nitrogens with two attached hydrogens (primary N) is 2. The van der Waals surface area contributed by atoms with Crippen molar-refractivity contribution in [3.8, 4) is 0 Å². The Morgan fingerprint density at radius 3 is 1.72 bits per heavy atom. The monoisotopic (exact) mass is 696 g/mol. The van der Waals surface area contributed by atoms with Crippen LogP contribution in [0, 0.1) is 23.7 Å². The molecule has 14 heteroatoms. The van der Waals surface area contributed by atoms with Crippen LogP contribution in [-0.4, -0.2) is 80.5 Å². The average Bonchev–Trinajstić information content (AvgIpc) is 3.75. The molecule has 274 valence electrons. The van der Waals surface area contributed by atoms with Crippen LogP contribution < -0.4 is 32.7 Å². The Morgan fingerprint density at radius 2 is 1.22 bits per heavy atom. The van der Waals surface area contributed by atoms with E-state index in [0.29, 0.717) is 19.4 Å². The third-order valence-corrected chi connectivity index (χ3v) is 10.8. The van der Waals surface area contributed by atoms with Gasteiger partial charge in [-0.2, -0.15) is 0 Å². The quantitative estimate of drug-likeness (QED) is 0.0996. The first-order valence-corrected chi connectivity index (χ1v) is 17.4. The molecule has 5 atom stereocenters. The summed E-state index contributed by atoms with van der Waals surface area (Å²) in [5.41, 5.74) is 5.67. The predicted molar refractivity (Wildman–Crippen MR) is 185 cm³/mol. The zero-order valence-corrected chi connectivity index (χ0v) is 29.8. The Morgan fingerprint density at radius 1 is 0.700 bits per heavy atom. The highest BCUT2D eigenvalue weighted by Gasteiger charge is 2.63. The summed E-state index contributed by atoms with van der Waals surface area (Å²) >= 11 is 0. The largest absolute Gasteiger partial charge is 0.481 e. The van der Waals surface area contributed by atoms with Gasteiger partial charge in [0.2, 0.25) is 0 Å². The van der Waals surface area contributed by atoms with Crippen molar-refractivity contribution in [2.75, 3.05) is 13.1 Å². The van der Waals surface area contributed by atoms with Gasteiger partial charge in [0, 0.05) is 60.1 Å².